The maximum absolute atomic E-state index is 12.8. The van der Waals surface area contributed by atoms with Gasteiger partial charge in [-0.25, -0.2) is 13.4 Å². The summed E-state index contributed by atoms with van der Waals surface area (Å²) in [6, 6.07) is 5.00. The highest BCUT2D eigenvalue weighted by atomic mass is 32.2. The Hall–Kier alpha value is -2.46. The van der Waals surface area contributed by atoms with E-state index in [9.17, 15) is 26.4 Å². The van der Waals surface area contributed by atoms with Gasteiger partial charge in [-0.2, -0.15) is 17.5 Å². The predicted octanol–water partition coefficient (Wildman–Crippen LogP) is 4.60. The zero-order valence-electron chi connectivity index (χ0n) is 18.3. The molecule has 1 amide bonds. The van der Waals surface area contributed by atoms with E-state index in [0.29, 0.717) is 17.3 Å². The van der Waals surface area contributed by atoms with Gasteiger partial charge in [0.25, 0.3) is 0 Å². The quantitative estimate of drug-likeness (QED) is 0.643. The number of hydrogen-bond donors (Lipinski definition) is 1. The highest BCUT2D eigenvalue weighted by Crippen LogP contribution is 2.45. The van der Waals surface area contributed by atoms with E-state index >= 15 is 0 Å². The van der Waals surface area contributed by atoms with Gasteiger partial charge in [-0.3, -0.25) is 4.79 Å². The molecule has 1 heterocycles. The summed E-state index contributed by atoms with van der Waals surface area (Å²) in [5, 5.41) is 2.81. The van der Waals surface area contributed by atoms with Crippen molar-refractivity contribution in [2.45, 2.75) is 51.2 Å². The molecule has 1 aromatic carbocycles. The van der Waals surface area contributed by atoms with Crippen LogP contribution in [0.4, 0.5) is 19.0 Å². The Labute approximate surface area is 185 Å². The number of carbonyl (C=O) groups excluding carboxylic acids is 1. The molecule has 2 aromatic rings. The predicted molar refractivity (Wildman–Crippen MR) is 114 cm³/mol. The van der Waals surface area contributed by atoms with Crippen LogP contribution in [-0.2, 0) is 27.5 Å². The van der Waals surface area contributed by atoms with Crippen LogP contribution >= 0.6 is 0 Å². The summed E-state index contributed by atoms with van der Waals surface area (Å²) in [6.45, 7) is 5.51. The number of rotatable bonds is 7. The topological polar surface area (TPSA) is 79.4 Å². The molecule has 0 spiro atoms. The van der Waals surface area contributed by atoms with Crippen LogP contribution in [0.2, 0.25) is 0 Å². The van der Waals surface area contributed by atoms with Crippen molar-refractivity contribution in [3.63, 3.8) is 0 Å². The summed E-state index contributed by atoms with van der Waals surface area (Å²) >= 11 is 0. The molecular weight excluding hydrogens is 443 g/mol. The van der Waals surface area contributed by atoms with E-state index in [-0.39, 0.29) is 17.3 Å². The Balaban J connectivity index is 1.77. The van der Waals surface area contributed by atoms with E-state index in [4.69, 9.17) is 0 Å². The molecular formula is C22H26F3N3O3S. The maximum atomic E-state index is 12.8. The van der Waals surface area contributed by atoms with Crippen molar-refractivity contribution < 1.29 is 26.4 Å². The molecule has 0 saturated heterocycles. The molecule has 174 valence electrons. The van der Waals surface area contributed by atoms with Crippen molar-refractivity contribution in [2.24, 2.45) is 11.3 Å². The lowest BCUT2D eigenvalue weighted by Gasteiger charge is -2.23. The van der Waals surface area contributed by atoms with Crippen LogP contribution in [0.15, 0.2) is 41.4 Å². The van der Waals surface area contributed by atoms with Crippen LogP contribution in [0, 0.1) is 18.3 Å². The number of benzene rings is 1. The molecule has 10 heteroatoms. The second kappa shape index (κ2) is 8.47. The Morgan fingerprint density at radius 2 is 1.78 bits per heavy atom. The van der Waals surface area contributed by atoms with Crippen LogP contribution in [0.1, 0.15) is 43.4 Å². The van der Waals surface area contributed by atoms with Gasteiger partial charge in [0, 0.05) is 25.2 Å². The van der Waals surface area contributed by atoms with Crippen LogP contribution in [-0.4, -0.2) is 30.7 Å². The number of halogens is 3. The van der Waals surface area contributed by atoms with Gasteiger partial charge < -0.3 is 5.32 Å². The van der Waals surface area contributed by atoms with E-state index in [0.717, 1.165) is 47.0 Å². The minimum atomic E-state index is -4.54. The Kier molecular flexibility index (Phi) is 6.41. The standard InChI is InChI=1S/C22H26F3N3O3S/c1-14-12-26-19(27-20(29)21(2,3)16-5-6-16)11-15(14)13-28(4)32(30,31)18-9-7-17(8-10-18)22(23,24)25/h7-12,16H,5-6,13H2,1-4H3,(H,26,27,29). The van der Waals surface area contributed by atoms with Crippen molar-refractivity contribution in [3.8, 4) is 0 Å². The summed E-state index contributed by atoms with van der Waals surface area (Å²) in [7, 11) is -2.67. The minimum absolute atomic E-state index is 0.0351. The summed E-state index contributed by atoms with van der Waals surface area (Å²) in [4.78, 5) is 16.6. The molecule has 1 aliphatic carbocycles. The first-order chi connectivity index (χ1) is 14.7. The molecule has 1 aromatic heterocycles. The van der Waals surface area contributed by atoms with Crippen molar-refractivity contribution in [1.82, 2.24) is 9.29 Å². The molecule has 0 unspecified atom stereocenters. The molecule has 0 bridgehead atoms. The van der Waals surface area contributed by atoms with Crippen molar-refractivity contribution in [1.29, 1.82) is 0 Å². The first-order valence-corrected chi connectivity index (χ1v) is 11.6. The van der Waals surface area contributed by atoms with Crippen LogP contribution < -0.4 is 5.32 Å². The molecule has 32 heavy (non-hydrogen) atoms. The number of alkyl halides is 3. The van der Waals surface area contributed by atoms with E-state index < -0.39 is 27.2 Å². The number of amides is 1. The van der Waals surface area contributed by atoms with E-state index in [1.807, 2.05) is 13.8 Å². The number of carbonyl (C=O) groups is 1. The van der Waals surface area contributed by atoms with Gasteiger partial charge >= 0.3 is 6.18 Å². The summed E-state index contributed by atoms with van der Waals surface area (Å²) in [5.74, 6) is 0.519. The number of aromatic nitrogens is 1. The van der Waals surface area contributed by atoms with Crippen LogP contribution in [0.5, 0.6) is 0 Å². The third kappa shape index (κ3) is 5.12. The van der Waals surface area contributed by atoms with E-state index in [1.165, 1.54) is 7.05 Å². The number of sulfonamides is 1. The molecule has 1 fully saturated rings. The summed E-state index contributed by atoms with van der Waals surface area (Å²) < 4.78 is 65.0. The number of pyridine rings is 1. The van der Waals surface area contributed by atoms with Gasteiger partial charge in [-0.05, 0) is 67.1 Å². The summed E-state index contributed by atoms with van der Waals surface area (Å²) in [6.07, 6.45) is -0.968. The number of anilines is 1. The average molecular weight is 470 g/mol. The monoisotopic (exact) mass is 469 g/mol. The van der Waals surface area contributed by atoms with Gasteiger partial charge in [0.2, 0.25) is 15.9 Å². The second-order valence-corrected chi connectivity index (χ2v) is 10.8. The van der Waals surface area contributed by atoms with Gasteiger partial charge in [0.15, 0.2) is 0 Å². The lowest BCUT2D eigenvalue weighted by atomic mass is 9.86. The highest BCUT2D eigenvalue weighted by molar-refractivity contribution is 7.89. The van der Waals surface area contributed by atoms with Crippen LogP contribution in [0.3, 0.4) is 0 Å². The van der Waals surface area contributed by atoms with E-state index in [2.05, 4.69) is 10.3 Å². The molecule has 1 aliphatic rings. The first kappa shape index (κ1) is 24.2. The Morgan fingerprint density at radius 1 is 1.19 bits per heavy atom. The average Bonchev–Trinajstić information content (AvgIpc) is 3.55. The molecule has 3 rings (SSSR count). The summed E-state index contributed by atoms with van der Waals surface area (Å²) in [5.41, 5.74) is -0.0925. The van der Waals surface area contributed by atoms with Crippen molar-refractivity contribution in [3.05, 3.63) is 53.2 Å². The van der Waals surface area contributed by atoms with Crippen LogP contribution in [0.25, 0.3) is 0 Å². The third-order valence-corrected chi connectivity index (χ3v) is 7.74. The third-order valence-electron chi connectivity index (χ3n) is 5.92. The smallest absolute Gasteiger partial charge is 0.310 e. The fourth-order valence-corrected chi connectivity index (χ4v) is 4.54. The minimum Gasteiger partial charge on any atom is -0.310 e. The second-order valence-electron chi connectivity index (χ2n) is 8.73. The zero-order valence-corrected chi connectivity index (χ0v) is 19.1. The lowest BCUT2D eigenvalue weighted by molar-refractivity contribution is -0.137. The maximum Gasteiger partial charge on any atom is 0.416 e. The number of nitrogens with zero attached hydrogens (tertiary/aromatic N) is 2. The number of hydrogen-bond acceptors (Lipinski definition) is 4. The molecule has 0 radical (unpaired) electrons. The van der Waals surface area contributed by atoms with Gasteiger partial charge in [-0.15, -0.1) is 0 Å². The highest BCUT2D eigenvalue weighted by Gasteiger charge is 2.43. The SMILES string of the molecule is Cc1cnc(NC(=O)C(C)(C)C2CC2)cc1CN(C)S(=O)(=O)c1ccc(C(F)(F)F)cc1. The fraction of sp³-hybridized carbons (Fsp3) is 0.455. The molecule has 0 aliphatic heterocycles. The first-order valence-electron chi connectivity index (χ1n) is 10.1. The largest absolute Gasteiger partial charge is 0.416 e. The van der Waals surface area contributed by atoms with Crippen molar-refractivity contribution >= 4 is 21.7 Å². The van der Waals surface area contributed by atoms with Gasteiger partial charge in [0.1, 0.15) is 5.82 Å². The van der Waals surface area contributed by atoms with E-state index in [1.54, 1.807) is 19.2 Å². The molecule has 1 saturated carbocycles. The van der Waals surface area contributed by atoms with Gasteiger partial charge in [-0.1, -0.05) is 13.8 Å². The normalized spacial score (nSPS) is 15.1. The van der Waals surface area contributed by atoms with Crippen molar-refractivity contribution in [2.75, 3.05) is 12.4 Å². The number of aryl methyl sites for hydroxylation is 1. The number of nitrogens with one attached hydrogen (secondary N) is 1. The molecule has 0 atom stereocenters. The lowest BCUT2D eigenvalue weighted by Crippen LogP contribution is -2.33. The Morgan fingerprint density at radius 3 is 2.31 bits per heavy atom. The molecule has 6 nitrogen and oxygen atoms in total. The zero-order chi connectivity index (χ0) is 23.9. The van der Waals surface area contributed by atoms with Gasteiger partial charge in [0.05, 0.1) is 10.5 Å². The fourth-order valence-electron chi connectivity index (χ4n) is 3.39. The molecule has 1 N–H and O–H groups in total. The Bertz CT molecular complexity index is 1110.